The molecular weight excluding hydrogens is 308 g/mol. The van der Waals surface area contributed by atoms with Gasteiger partial charge in [-0.1, -0.05) is 16.8 Å². The molecule has 0 N–H and O–H groups in total. The molecule has 6 heteroatoms. The molecule has 1 saturated heterocycles. The van der Waals surface area contributed by atoms with Gasteiger partial charge >= 0.3 is 0 Å². The quantitative estimate of drug-likeness (QED) is 0.854. The molecule has 0 aliphatic carbocycles. The number of hydrogen-bond acceptors (Lipinski definition) is 4. The highest BCUT2D eigenvalue weighted by Gasteiger charge is 2.32. The Morgan fingerprint density at radius 3 is 3.10 bits per heavy atom. The zero-order valence-corrected chi connectivity index (χ0v) is 13.4. The van der Waals surface area contributed by atoms with Crippen molar-refractivity contribution >= 4 is 28.8 Å². The lowest BCUT2D eigenvalue weighted by Gasteiger charge is -2.22. The van der Waals surface area contributed by atoms with E-state index < -0.39 is 0 Å². The second-order valence-electron chi connectivity index (χ2n) is 5.32. The van der Waals surface area contributed by atoms with Crippen LogP contribution in [0.4, 0.5) is 0 Å². The van der Waals surface area contributed by atoms with Gasteiger partial charge in [0, 0.05) is 23.9 Å². The van der Waals surface area contributed by atoms with E-state index in [0.717, 1.165) is 46.5 Å². The third kappa shape index (κ3) is 3.30. The SMILES string of the molecule is Cc1cc([C@@H]2CCCN2C(=O)CCc2ccc(Cl)s2)on1. The second-order valence-corrected chi connectivity index (χ2v) is 7.12. The van der Waals surface area contributed by atoms with Crippen molar-refractivity contribution in [2.24, 2.45) is 0 Å². The summed E-state index contributed by atoms with van der Waals surface area (Å²) in [6.07, 6.45) is 3.22. The number of carbonyl (C=O) groups is 1. The predicted molar refractivity (Wildman–Crippen MR) is 82.6 cm³/mol. The van der Waals surface area contributed by atoms with Crippen LogP contribution in [-0.2, 0) is 11.2 Å². The van der Waals surface area contributed by atoms with Crippen molar-refractivity contribution < 1.29 is 9.32 Å². The van der Waals surface area contributed by atoms with Crippen LogP contribution in [0.15, 0.2) is 22.7 Å². The number of likely N-dealkylation sites (tertiary alicyclic amines) is 1. The predicted octanol–water partition coefficient (Wildman–Crippen LogP) is 3.99. The largest absolute Gasteiger partial charge is 0.359 e. The van der Waals surface area contributed by atoms with Gasteiger partial charge in [-0.25, -0.2) is 0 Å². The van der Waals surface area contributed by atoms with Gasteiger partial charge in [-0.3, -0.25) is 4.79 Å². The monoisotopic (exact) mass is 324 g/mol. The number of nitrogens with zero attached hydrogens (tertiary/aromatic N) is 2. The van der Waals surface area contributed by atoms with Crippen LogP contribution in [0.3, 0.4) is 0 Å². The Morgan fingerprint density at radius 2 is 2.43 bits per heavy atom. The molecule has 1 fully saturated rings. The normalized spacial score (nSPS) is 18.4. The average molecular weight is 325 g/mol. The summed E-state index contributed by atoms with van der Waals surface area (Å²) in [7, 11) is 0. The van der Waals surface area contributed by atoms with Crippen molar-refractivity contribution in [3.05, 3.63) is 38.9 Å². The Labute approximate surface area is 132 Å². The molecule has 0 bridgehead atoms. The lowest BCUT2D eigenvalue weighted by Crippen LogP contribution is -2.30. The van der Waals surface area contributed by atoms with Crippen molar-refractivity contribution in [1.82, 2.24) is 10.1 Å². The Hall–Kier alpha value is -1.33. The van der Waals surface area contributed by atoms with E-state index in [1.165, 1.54) is 11.3 Å². The summed E-state index contributed by atoms with van der Waals surface area (Å²) in [5.41, 5.74) is 0.859. The lowest BCUT2D eigenvalue weighted by atomic mass is 10.1. The Morgan fingerprint density at radius 1 is 1.57 bits per heavy atom. The molecule has 0 spiro atoms. The molecule has 1 aliphatic rings. The maximum Gasteiger partial charge on any atom is 0.223 e. The van der Waals surface area contributed by atoms with E-state index in [4.69, 9.17) is 16.1 Å². The minimum absolute atomic E-state index is 0.0469. The Kier molecular flexibility index (Phi) is 4.31. The van der Waals surface area contributed by atoms with E-state index in [1.807, 2.05) is 30.0 Å². The van der Waals surface area contributed by atoms with Crippen molar-refractivity contribution in [3.63, 3.8) is 0 Å². The fraction of sp³-hybridized carbons (Fsp3) is 0.467. The van der Waals surface area contributed by atoms with Crippen LogP contribution in [0, 0.1) is 6.92 Å². The third-order valence-corrected chi connectivity index (χ3v) is 5.05. The molecule has 1 amide bonds. The maximum atomic E-state index is 12.5. The van der Waals surface area contributed by atoms with Gasteiger partial charge < -0.3 is 9.42 Å². The molecule has 4 nitrogen and oxygen atoms in total. The first-order valence-corrected chi connectivity index (χ1v) is 8.30. The smallest absolute Gasteiger partial charge is 0.223 e. The van der Waals surface area contributed by atoms with Gasteiger partial charge in [-0.15, -0.1) is 11.3 Å². The van der Waals surface area contributed by atoms with Crippen molar-refractivity contribution in [3.8, 4) is 0 Å². The lowest BCUT2D eigenvalue weighted by molar-refractivity contribution is -0.132. The highest BCUT2D eigenvalue weighted by Crippen LogP contribution is 2.33. The summed E-state index contributed by atoms with van der Waals surface area (Å²) in [5.74, 6) is 0.980. The van der Waals surface area contributed by atoms with Gasteiger partial charge in [0.15, 0.2) is 5.76 Å². The van der Waals surface area contributed by atoms with Gasteiger partial charge in [0.25, 0.3) is 0 Å². The molecular formula is C15H17ClN2O2S. The first-order chi connectivity index (χ1) is 10.1. The van der Waals surface area contributed by atoms with Crippen LogP contribution >= 0.6 is 22.9 Å². The topological polar surface area (TPSA) is 46.3 Å². The van der Waals surface area contributed by atoms with E-state index in [1.54, 1.807) is 0 Å². The molecule has 3 rings (SSSR count). The molecule has 3 heterocycles. The van der Waals surface area contributed by atoms with Crippen LogP contribution in [-0.4, -0.2) is 22.5 Å². The fourth-order valence-electron chi connectivity index (χ4n) is 2.76. The Bertz CT molecular complexity index is 637. The summed E-state index contributed by atoms with van der Waals surface area (Å²) in [5, 5.41) is 3.93. The average Bonchev–Trinajstić information content (AvgIpc) is 3.16. The van der Waals surface area contributed by atoms with Crippen LogP contribution in [0.5, 0.6) is 0 Å². The van der Waals surface area contributed by atoms with E-state index in [9.17, 15) is 4.79 Å². The van der Waals surface area contributed by atoms with Crippen LogP contribution in [0.1, 0.15) is 41.6 Å². The van der Waals surface area contributed by atoms with E-state index in [2.05, 4.69) is 5.16 Å². The number of aryl methyl sites for hydroxylation is 2. The van der Waals surface area contributed by atoms with Crippen molar-refractivity contribution in [2.45, 2.75) is 38.6 Å². The summed E-state index contributed by atoms with van der Waals surface area (Å²) in [6, 6.07) is 5.84. The van der Waals surface area contributed by atoms with Gasteiger partial charge in [0.2, 0.25) is 5.91 Å². The molecule has 2 aromatic rings. The molecule has 2 aromatic heterocycles. The number of thiophene rings is 1. The van der Waals surface area contributed by atoms with E-state index in [0.29, 0.717) is 6.42 Å². The standard InChI is InChI=1S/C15H17ClN2O2S/c1-10-9-13(20-17-10)12-3-2-8-18(12)15(19)7-5-11-4-6-14(16)21-11/h4,6,9,12H,2-3,5,7-8H2,1H3/t12-/m0/s1. The number of rotatable bonds is 4. The van der Waals surface area contributed by atoms with Crippen molar-refractivity contribution in [1.29, 1.82) is 0 Å². The number of halogens is 1. The van der Waals surface area contributed by atoms with Crippen LogP contribution < -0.4 is 0 Å². The summed E-state index contributed by atoms with van der Waals surface area (Å²) >= 11 is 7.45. The molecule has 0 saturated carbocycles. The second kappa shape index (κ2) is 6.20. The molecule has 112 valence electrons. The van der Waals surface area contributed by atoms with Crippen molar-refractivity contribution in [2.75, 3.05) is 6.54 Å². The fourth-order valence-corrected chi connectivity index (χ4v) is 3.85. The molecule has 21 heavy (non-hydrogen) atoms. The molecule has 0 aromatic carbocycles. The number of carbonyl (C=O) groups excluding carboxylic acids is 1. The molecule has 1 aliphatic heterocycles. The maximum absolute atomic E-state index is 12.5. The first-order valence-electron chi connectivity index (χ1n) is 7.10. The molecule has 1 atom stereocenters. The number of hydrogen-bond donors (Lipinski definition) is 0. The number of amides is 1. The van der Waals surface area contributed by atoms with Crippen LogP contribution in [0.25, 0.3) is 0 Å². The zero-order valence-electron chi connectivity index (χ0n) is 11.8. The third-order valence-electron chi connectivity index (χ3n) is 3.76. The Balaban J connectivity index is 1.63. The van der Waals surface area contributed by atoms with E-state index >= 15 is 0 Å². The zero-order chi connectivity index (χ0) is 14.8. The van der Waals surface area contributed by atoms with Gasteiger partial charge in [-0.05, 0) is 38.3 Å². The minimum atomic E-state index is 0.0469. The van der Waals surface area contributed by atoms with Gasteiger partial charge in [0.05, 0.1) is 16.1 Å². The van der Waals surface area contributed by atoms with Crippen LogP contribution in [0.2, 0.25) is 4.34 Å². The van der Waals surface area contributed by atoms with Gasteiger partial charge in [0.1, 0.15) is 0 Å². The minimum Gasteiger partial charge on any atom is -0.359 e. The summed E-state index contributed by atoms with van der Waals surface area (Å²) in [4.78, 5) is 15.5. The molecule has 0 radical (unpaired) electrons. The number of aromatic nitrogens is 1. The highest BCUT2D eigenvalue weighted by atomic mass is 35.5. The first kappa shape index (κ1) is 14.6. The molecule has 0 unspecified atom stereocenters. The summed E-state index contributed by atoms with van der Waals surface area (Å²) in [6.45, 7) is 2.70. The summed E-state index contributed by atoms with van der Waals surface area (Å²) < 4.78 is 6.11. The van der Waals surface area contributed by atoms with Gasteiger partial charge in [-0.2, -0.15) is 0 Å². The van der Waals surface area contributed by atoms with E-state index in [-0.39, 0.29) is 11.9 Å². The highest BCUT2D eigenvalue weighted by molar-refractivity contribution is 7.16.